The Kier molecular flexibility index (Phi) is 6.56. The van der Waals surface area contributed by atoms with Gasteiger partial charge in [-0.3, -0.25) is 9.69 Å². The first-order valence-electron chi connectivity index (χ1n) is 13.0. The molecular weight excluding hydrogens is 506 g/mol. The maximum atomic E-state index is 13.2. The molecule has 1 amide bonds. The summed E-state index contributed by atoms with van der Waals surface area (Å²) in [6, 6.07) is 15.2. The van der Waals surface area contributed by atoms with Gasteiger partial charge in [0, 0.05) is 48.8 Å². The van der Waals surface area contributed by atoms with Crippen LogP contribution < -0.4 is 15.0 Å². The van der Waals surface area contributed by atoms with Crippen molar-refractivity contribution in [2.45, 2.75) is 6.92 Å². The van der Waals surface area contributed by atoms with Crippen LogP contribution in [0.1, 0.15) is 6.92 Å². The Hall–Kier alpha value is -4.90. The van der Waals surface area contributed by atoms with Gasteiger partial charge in [-0.1, -0.05) is 18.2 Å². The lowest BCUT2D eigenvalue weighted by molar-refractivity contribution is -0.114. The molecule has 40 heavy (non-hydrogen) atoms. The molecule has 0 spiro atoms. The molecule has 0 unspecified atom stereocenters. The Bertz CT molecular complexity index is 1740. The summed E-state index contributed by atoms with van der Waals surface area (Å²) in [6.45, 7) is 3.36. The van der Waals surface area contributed by atoms with Gasteiger partial charge in [0.2, 0.25) is 0 Å². The van der Waals surface area contributed by atoms with Gasteiger partial charge in [-0.2, -0.15) is 0 Å². The molecule has 11 heteroatoms. The SMILES string of the molecule is C[C@H]1CN(c2cc3c(Nc4ccc(Oc5ccc6c(c5)nnn6C)cc4)ncnc3cn2)C(=O)/C1=C/CN(C)C. The van der Waals surface area contributed by atoms with Crippen molar-refractivity contribution in [2.75, 3.05) is 37.4 Å². The highest BCUT2D eigenvalue weighted by molar-refractivity contribution is 6.09. The molecule has 2 aromatic carbocycles. The number of carbonyl (C=O) groups excluding carboxylic acids is 1. The van der Waals surface area contributed by atoms with Crippen LogP contribution in [0.3, 0.4) is 0 Å². The fourth-order valence-electron chi connectivity index (χ4n) is 4.75. The topological polar surface area (TPSA) is 114 Å². The summed E-state index contributed by atoms with van der Waals surface area (Å²) in [5.41, 5.74) is 4.04. The van der Waals surface area contributed by atoms with Crippen LogP contribution in [0, 0.1) is 5.92 Å². The van der Waals surface area contributed by atoms with E-state index in [-0.39, 0.29) is 11.8 Å². The maximum absolute atomic E-state index is 13.2. The van der Waals surface area contributed by atoms with Gasteiger partial charge >= 0.3 is 0 Å². The van der Waals surface area contributed by atoms with Gasteiger partial charge in [0.05, 0.1) is 17.2 Å². The van der Waals surface area contributed by atoms with Gasteiger partial charge in [0.25, 0.3) is 5.91 Å². The molecular formula is C29H29N9O2. The number of anilines is 3. The first kappa shape index (κ1) is 25.4. The lowest BCUT2D eigenvalue weighted by Crippen LogP contribution is -2.26. The number of aromatic nitrogens is 6. The molecule has 0 aliphatic carbocycles. The summed E-state index contributed by atoms with van der Waals surface area (Å²) in [5, 5.41) is 12.3. The summed E-state index contributed by atoms with van der Waals surface area (Å²) in [6.07, 6.45) is 5.19. The Balaban J connectivity index is 1.21. The van der Waals surface area contributed by atoms with E-state index in [0.717, 1.165) is 27.7 Å². The summed E-state index contributed by atoms with van der Waals surface area (Å²) >= 11 is 0. The van der Waals surface area contributed by atoms with Gasteiger partial charge < -0.3 is 15.0 Å². The fourth-order valence-corrected chi connectivity index (χ4v) is 4.75. The van der Waals surface area contributed by atoms with Crippen molar-refractivity contribution in [1.29, 1.82) is 0 Å². The van der Waals surface area contributed by atoms with Gasteiger partial charge in [-0.05, 0) is 56.6 Å². The zero-order valence-electron chi connectivity index (χ0n) is 22.7. The maximum Gasteiger partial charge on any atom is 0.255 e. The lowest BCUT2D eigenvalue weighted by atomic mass is 10.0. The number of pyridine rings is 1. The van der Waals surface area contributed by atoms with Crippen molar-refractivity contribution in [3.8, 4) is 11.5 Å². The van der Waals surface area contributed by atoms with Crippen LogP contribution in [-0.4, -0.2) is 67.9 Å². The van der Waals surface area contributed by atoms with Gasteiger partial charge in [0.1, 0.15) is 35.0 Å². The van der Waals surface area contributed by atoms with E-state index in [9.17, 15) is 4.79 Å². The normalized spacial score (nSPS) is 16.5. The highest BCUT2D eigenvalue weighted by atomic mass is 16.5. The molecule has 1 atom stereocenters. The third-order valence-electron chi connectivity index (χ3n) is 6.87. The number of rotatable bonds is 7. The number of ether oxygens (including phenoxy) is 1. The lowest BCUT2D eigenvalue weighted by Gasteiger charge is -2.16. The number of hydrogen-bond acceptors (Lipinski definition) is 9. The Morgan fingerprint density at radius 2 is 1.85 bits per heavy atom. The van der Waals surface area contributed by atoms with Gasteiger partial charge in [-0.15, -0.1) is 5.10 Å². The highest BCUT2D eigenvalue weighted by Crippen LogP contribution is 2.32. The van der Waals surface area contributed by atoms with Crippen molar-refractivity contribution in [2.24, 2.45) is 13.0 Å². The first-order valence-corrected chi connectivity index (χ1v) is 13.0. The molecule has 0 bridgehead atoms. The van der Waals surface area contributed by atoms with E-state index in [2.05, 4.69) is 37.5 Å². The van der Waals surface area contributed by atoms with Crippen molar-refractivity contribution in [3.05, 3.63) is 72.7 Å². The second-order valence-electron chi connectivity index (χ2n) is 10.1. The van der Waals surface area contributed by atoms with Crippen LogP contribution in [0.15, 0.2) is 72.7 Å². The number of fused-ring (bicyclic) bond motifs is 2. The van der Waals surface area contributed by atoms with Crippen molar-refractivity contribution in [1.82, 2.24) is 34.8 Å². The number of nitrogens with zero attached hydrogens (tertiary/aromatic N) is 8. The van der Waals surface area contributed by atoms with E-state index in [1.807, 2.05) is 80.6 Å². The fraction of sp³-hybridized carbons (Fsp3) is 0.241. The number of hydrogen-bond donors (Lipinski definition) is 1. The third kappa shape index (κ3) is 4.94. The average Bonchev–Trinajstić information content (AvgIpc) is 3.46. The zero-order chi connectivity index (χ0) is 27.8. The number of likely N-dealkylation sites (N-methyl/N-ethyl adjacent to an activating group) is 1. The number of amides is 1. The number of nitrogens with one attached hydrogen (secondary N) is 1. The van der Waals surface area contributed by atoms with Crippen molar-refractivity contribution >= 4 is 45.2 Å². The Morgan fingerprint density at radius 1 is 1.05 bits per heavy atom. The average molecular weight is 536 g/mol. The second-order valence-corrected chi connectivity index (χ2v) is 10.1. The van der Waals surface area contributed by atoms with Crippen molar-refractivity contribution in [3.63, 3.8) is 0 Å². The van der Waals surface area contributed by atoms with E-state index >= 15 is 0 Å². The van der Waals surface area contributed by atoms with E-state index in [0.29, 0.717) is 41.7 Å². The summed E-state index contributed by atoms with van der Waals surface area (Å²) in [4.78, 5) is 30.4. The molecule has 0 saturated carbocycles. The predicted molar refractivity (Wildman–Crippen MR) is 154 cm³/mol. The molecule has 4 heterocycles. The highest BCUT2D eigenvalue weighted by Gasteiger charge is 2.33. The standard InChI is InChI=1S/C29H29N9O2/c1-18-16-38(29(39)22(18)11-12-36(2)3)27-14-23-25(15-30-27)31-17-32-28(23)33-19-5-7-20(8-6-19)40-21-9-10-26-24(13-21)34-35-37(26)4/h5-11,13-15,17-18H,12,16H2,1-4H3,(H,31,32,33)/b22-11+/t18-/m0/s1. The van der Waals surface area contributed by atoms with E-state index in [1.165, 1.54) is 6.33 Å². The predicted octanol–water partition coefficient (Wildman–Crippen LogP) is 4.31. The molecule has 1 aliphatic heterocycles. The Morgan fingerprint density at radius 3 is 2.65 bits per heavy atom. The molecule has 6 rings (SSSR count). The van der Waals surface area contributed by atoms with E-state index in [4.69, 9.17) is 4.74 Å². The zero-order valence-corrected chi connectivity index (χ0v) is 22.7. The molecule has 1 aliphatic rings. The first-order chi connectivity index (χ1) is 19.4. The Labute approximate surface area is 231 Å². The van der Waals surface area contributed by atoms with Crippen LogP contribution in [0.4, 0.5) is 17.3 Å². The molecule has 1 saturated heterocycles. The minimum atomic E-state index is -0.0124. The monoisotopic (exact) mass is 535 g/mol. The molecule has 202 valence electrons. The molecule has 3 aromatic heterocycles. The quantitative estimate of drug-likeness (QED) is 0.304. The molecule has 1 fully saturated rings. The van der Waals surface area contributed by atoms with Crippen LogP contribution in [-0.2, 0) is 11.8 Å². The summed E-state index contributed by atoms with van der Waals surface area (Å²) in [5.74, 6) is 2.69. The summed E-state index contributed by atoms with van der Waals surface area (Å²) in [7, 11) is 5.83. The van der Waals surface area contributed by atoms with E-state index in [1.54, 1.807) is 15.8 Å². The third-order valence-corrected chi connectivity index (χ3v) is 6.87. The van der Waals surface area contributed by atoms with Gasteiger partial charge in [-0.25, -0.2) is 19.6 Å². The minimum Gasteiger partial charge on any atom is -0.457 e. The summed E-state index contributed by atoms with van der Waals surface area (Å²) < 4.78 is 7.74. The van der Waals surface area contributed by atoms with Gasteiger partial charge in [0.15, 0.2) is 0 Å². The van der Waals surface area contributed by atoms with Crippen LogP contribution in [0.2, 0.25) is 0 Å². The number of carbonyl (C=O) groups is 1. The molecule has 1 N–H and O–H groups in total. The minimum absolute atomic E-state index is 0.0124. The van der Waals surface area contributed by atoms with Crippen LogP contribution >= 0.6 is 0 Å². The molecule has 5 aromatic rings. The van der Waals surface area contributed by atoms with E-state index < -0.39 is 0 Å². The van der Waals surface area contributed by atoms with Crippen LogP contribution in [0.5, 0.6) is 11.5 Å². The number of aryl methyl sites for hydroxylation is 1. The molecule has 0 radical (unpaired) electrons. The smallest absolute Gasteiger partial charge is 0.255 e. The van der Waals surface area contributed by atoms with Crippen LogP contribution in [0.25, 0.3) is 21.9 Å². The van der Waals surface area contributed by atoms with Crippen molar-refractivity contribution < 1.29 is 9.53 Å². The number of benzene rings is 2. The second kappa shape index (κ2) is 10.3. The molecule has 11 nitrogen and oxygen atoms in total. The largest absolute Gasteiger partial charge is 0.457 e.